The zero-order chi connectivity index (χ0) is 13.3. The zero-order valence-electron chi connectivity index (χ0n) is 10.6. The fourth-order valence-corrected chi connectivity index (χ4v) is 2.11. The van der Waals surface area contributed by atoms with Crippen molar-refractivity contribution in [2.45, 2.75) is 26.8 Å². The minimum Gasteiger partial charge on any atom is -0.324 e. The lowest BCUT2D eigenvalue weighted by Gasteiger charge is -2.14. The van der Waals surface area contributed by atoms with Crippen molar-refractivity contribution in [2.75, 3.05) is 0 Å². The van der Waals surface area contributed by atoms with E-state index in [1.54, 1.807) is 30.6 Å². The Morgan fingerprint density at radius 1 is 1.39 bits per heavy atom. The van der Waals surface area contributed by atoms with E-state index < -0.39 is 0 Å². The quantitative estimate of drug-likeness (QED) is 0.792. The number of halogens is 1. The third kappa shape index (κ3) is 2.31. The molecule has 0 fully saturated rings. The van der Waals surface area contributed by atoms with Crippen molar-refractivity contribution in [1.82, 2.24) is 9.55 Å². The molecule has 1 atom stereocenters. The van der Waals surface area contributed by atoms with Crippen LogP contribution < -0.4 is 0 Å². The number of hydrogen-bond donors (Lipinski definition) is 0. The first-order valence-electron chi connectivity index (χ1n) is 5.80. The van der Waals surface area contributed by atoms with E-state index >= 15 is 0 Å². The Balaban J connectivity index is 2.32. The first-order valence-corrected chi connectivity index (χ1v) is 6.18. The van der Waals surface area contributed by atoms with E-state index in [1.807, 2.05) is 25.3 Å². The van der Waals surface area contributed by atoms with Gasteiger partial charge in [-0.25, -0.2) is 4.98 Å². The number of ketones is 1. The van der Waals surface area contributed by atoms with E-state index in [2.05, 4.69) is 4.98 Å². The minimum atomic E-state index is -0.273. The molecule has 1 unspecified atom stereocenters. The number of nitrogens with zero attached hydrogens (tertiary/aromatic N) is 2. The Bertz CT molecular complexity index is 589. The van der Waals surface area contributed by atoms with Gasteiger partial charge in [0.25, 0.3) is 0 Å². The number of hydrogen-bond acceptors (Lipinski definition) is 2. The highest BCUT2D eigenvalue weighted by molar-refractivity contribution is 6.31. The molecule has 1 aromatic heterocycles. The smallest absolute Gasteiger partial charge is 0.185 e. The van der Waals surface area contributed by atoms with Gasteiger partial charge in [0.1, 0.15) is 0 Å². The molecular weight excluding hydrogens is 248 g/mol. The van der Waals surface area contributed by atoms with Crippen LogP contribution in [0.5, 0.6) is 0 Å². The highest BCUT2D eigenvalue weighted by atomic mass is 35.5. The van der Waals surface area contributed by atoms with Crippen molar-refractivity contribution < 1.29 is 4.79 Å². The molecule has 1 heterocycles. The van der Waals surface area contributed by atoms with E-state index in [1.165, 1.54) is 0 Å². The van der Waals surface area contributed by atoms with Gasteiger partial charge < -0.3 is 4.57 Å². The topological polar surface area (TPSA) is 34.9 Å². The molecule has 2 aromatic rings. The van der Waals surface area contributed by atoms with Gasteiger partial charge in [0.15, 0.2) is 5.78 Å². The lowest BCUT2D eigenvalue weighted by Crippen LogP contribution is -2.17. The van der Waals surface area contributed by atoms with Gasteiger partial charge in [-0.2, -0.15) is 0 Å². The van der Waals surface area contributed by atoms with Crippen molar-refractivity contribution in [3.63, 3.8) is 0 Å². The summed E-state index contributed by atoms with van der Waals surface area (Å²) < 4.78 is 1.89. The van der Waals surface area contributed by atoms with Crippen LogP contribution in [0.3, 0.4) is 0 Å². The van der Waals surface area contributed by atoms with E-state index in [4.69, 9.17) is 11.6 Å². The fraction of sp³-hybridized carbons (Fsp3) is 0.286. The van der Waals surface area contributed by atoms with Gasteiger partial charge in [0.2, 0.25) is 0 Å². The zero-order valence-corrected chi connectivity index (χ0v) is 11.4. The van der Waals surface area contributed by atoms with Crippen LogP contribution >= 0.6 is 11.6 Å². The molecule has 0 N–H and O–H groups in total. The molecule has 4 heteroatoms. The molecule has 0 bridgehead atoms. The van der Waals surface area contributed by atoms with Gasteiger partial charge in [-0.3, -0.25) is 4.79 Å². The maximum absolute atomic E-state index is 12.4. The van der Waals surface area contributed by atoms with Crippen LogP contribution in [0.4, 0.5) is 0 Å². The summed E-state index contributed by atoms with van der Waals surface area (Å²) in [6.45, 7) is 5.77. The van der Waals surface area contributed by atoms with Gasteiger partial charge in [-0.1, -0.05) is 23.7 Å². The number of aromatic nitrogens is 2. The summed E-state index contributed by atoms with van der Waals surface area (Å²) in [5, 5.41) is 0.576. The largest absolute Gasteiger partial charge is 0.324 e. The minimum absolute atomic E-state index is 0.0398. The van der Waals surface area contributed by atoms with Crippen LogP contribution in [0.2, 0.25) is 5.02 Å². The Hall–Kier alpha value is -1.61. The van der Waals surface area contributed by atoms with Gasteiger partial charge in [0, 0.05) is 16.3 Å². The van der Waals surface area contributed by atoms with E-state index in [-0.39, 0.29) is 11.8 Å². The summed E-state index contributed by atoms with van der Waals surface area (Å²) >= 11 is 5.90. The third-order valence-electron chi connectivity index (χ3n) is 3.19. The molecule has 0 spiro atoms. The van der Waals surface area contributed by atoms with Crippen molar-refractivity contribution >= 4 is 17.4 Å². The number of carbonyl (C=O) groups is 1. The average Bonchev–Trinajstić information content (AvgIpc) is 2.68. The van der Waals surface area contributed by atoms with Crippen LogP contribution in [0.25, 0.3) is 0 Å². The molecule has 0 aliphatic carbocycles. The number of benzene rings is 1. The molecular formula is C14H15ClN2O. The molecule has 18 heavy (non-hydrogen) atoms. The van der Waals surface area contributed by atoms with Gasteiger partial charge in [-0.05, 0) is 32.9 Å². The van der Waals surface area contributed by atoms with Gasteiger partial charge in [0.05, 0.1) is 18.1 Å². The van der Waals surface area contributed by atoms with Crippen LogP contribution in [-0.4, -0.2) is 15.3 Å². The van der Waals surface area contributed by atoms with Crippen LogP contribution in [0.15, 0.2) is 30.6 Å². The molecule has 1 aromatic carbocycles. The summed E-state index contributed by atoms with van der Waals surface area (Å²) in [6, 6.07) is 6.75. The SMILES string of the molecule is Cc1ncn(C(C)C(=O)c2cccc(Cl)c2)c1C. The monoisotopic (exact) mass is 262 g/mol. The Labute approximate surface area is 111 Å². The van der Waals surface area contributed by atoms with Crippen LogP contribution in [-0.2, 0) is 0 Å². The molecule has 2 rings (SSSR count). The molecule has 0 aliphatic rings. The molecule has 0 saturated carbocycles. The summed E-state index contributed by atoms with van der Waals surface area (Å²) in [4.78, 5) is 16.6. The number of imidazole rings is 1. The van der Waals surface area contributed by atoms with E-state index in [0.29, 0.717) is 10.6 Å². The summed E-state index contributed by atoms with van der Waals surface area (Å²) in [7, 11) is 0. The third-order valence-corrected chi connectivity index (χ3v) is 3.43. The van der Waals surface area contributed by atoms with Crippen molar-refractivity contribution in [1.29, 1.82) is 0 Å². The number of carbonyl (C=O) groups excluding carboxylic acids is 1. The highest BCUT2D eigenvalue weighted by Crippen LogP contribution is 2.19. The number of aryl methyl sites for hydroxylation is 1. The number of Topliss-reactive ketones (excluding diaryl/α,β-unsaturated/α-hetero) is 1. The van der Waals surface area contributed by atoms with Crippen molar-refractivity contribution in [3.8, 4) is 0 Å². The predicted molar refractivity (Wildman–Crippen MR) is 72.2 cm³/mol. The number of rotatable bonds is 3. The van der Waals surface area contributed by atoms with Crippen LogP contribution in [0.1, 0.15) is 34.7 Å². The van der Waals surface area contributed by atoms with E-state index in [0.717, 1.165) is 11.4 Å². The van der Waals surface area contributed by atoms with Gasteiger partial charge in [-0.15, -0.1) is 0 Å². The molecule has 0 radical (unpaired) electrons. The summed E-state index contributed by atoms with van der Waals surface area (Å²) in [5.74, 6) is 0.0398. The van der Waals surface area contributed by atoms with E-state index in [9.17, 15) is 4.79 Å². The maximum atomic E-state index is 12.4. The lowest BCUT2D eigenvalue weighted by molar-refractivity contribution is 0.0933. The first-order chi connectivity index (χ1) is 8.50. The van der Waals surface area contributed by atoms with Crippen molar-refractivity contribution in [3.05, 3.63) is 52.6 Å². The Morgan fingerprint density at radius 3 is 2.67 bits per heavy atom. The lowest BCUT2D eigenvalue weighted by atomic mass is 10.1. The van der Waals surface area contributed by atoms with Crippen LogP contribution in [0, 0.1) is 13.8 Å². The predicted octanol–water partition coefficient (Wildman–Crippen LogP) is 3.60. The standard InChI is InChI=1S/C14H15ClN2O/c1-9-10(2)17(8-16-9)11(3)14(18)12-5-4-6-13(15)7-12/h4-8,11H,1-3H3. The normalized spacial score (nSPS) is 12.4. The molecule has 3 nitrogen and oxygen atoms in total. The second-order valence-corrected chi connectivity index (χ2v) is 4.81. The van der Waals surface area contributed by atoms with Crippen molar-refractivity contribution in [2.24, 2.45) is 0 Å². The average molecular weight is 263 g/mol. The molecule has 0 saturated heterocycles. The highest BCUT2D eigenvalue weighted by Gasteiger charge is 2.19. The maximum Gasteiger partial charge on any atom is 0.185 e. The summed E-state index contributed by atoms with van der Waals surface area (Å²) in [6.07, 6.45) is 1.71. The first kappa shape index (κ1) is 12.8. The fourth-order valence-electron chi connectivity index (χ4n) is 1.92. The molecule has 94 valence electrons. The van der Waals surface area contributed by atoms with Gasteiger partial charge >= 0.3 is 0 Å². The Morgan fingerprint density at radius 2 is 2.11 bits per heavy atom. The molecule has 0 amide bonds. The summed E-state index contributed by atoms with van der Waals surface area (Å²) in [5.41, 5.74) is 2.58. The second kappa shape index (κ2) is 4.94. The second-order valence-electron chi connectivity index (χ2n) is 4.37. The Kier molecular flexibility index (Phi) is 3.53. The molecule has 0 aliphatic heterocycles.